The van der Waals surface area contributed by atoms with E-state index >= 15 is 0 Å². The lowest BCUT2D eigenvalue weighted by Gasteiger charge is -2.32. The maximum atomic E-state index is 12.5. The number of likely N-dealkylation sites (N-methyl/N-ethyl adjacent to an activating group) is 1. The monoisotopic (exact) mass is 378 g/mol. The molecule has 98 valence electrons. The zero-order chi connectivity index (χ0) is 13.1. The third kappa shape index (κ3) is 3.16. The Balaban J connectivity index is 2.16. The first-order valence-electron chi connectivity index (χ1n) is 6.02. The molecule has 2 rings (SSSR count). The standard InChI is InChI=1S/C13H16ClIN2O/c1-17(10-3-2-6-16-8-10)13(18)11-7-9(14)4-5-12(11)15/h4-5,7,10,16H,2-3,6,8H2,1H3. The Morgan fingerprint density at radius 2 is 2.33 bits per heavy atom. The van der Waals surface area contributed by atoms with Crippen molar-refractivity contribution < 1.29 is 4.79 Å². The van der Waals surface area contributed by atoms with Crippen LogP contribution in [0.5, 0.6) is 0 Å². The summed E-state index contributed by atoms with van der Waals surface area (Å²) in [4.78, 5) is 14.3. The Kier molecular flexibility index (Phi) is 4.86. The third-order valence-electron chi connectivity index (χ3n) is 3.30. The Morgan fingerprint density at radius 1 is 1.56 bits per heavy atom. The van der Waals surface area contributed by atoms with E-state index in [1.54, 1.807) is 6.07 Å². The van der Waals surface area contributed by atoms with E-state index < -0.39 is 0 Å². The van der Waals surface area contributed by atoms with Gasteiger partial charge in [0.2, 0.25) is 0 Å². The van der Waals surface area contributed by atoms with Crippen LogP contribution < -0.4 is 5.32 Å². The molecule has 1 heterocycles. The summed E-state index contributed by atoms with van der Waals surface area (Å²) in [6, 6.07) is 5.71. The van der Waals surface area contributed by atoms with Crippen LogP contribution in [0.15, 0.2) is 18.2 Å². The fourth-order valence-corrected chi connectivity index (χ4v) is 2.92. The normalized spacial score (nSPS) is 19.6. The molecule has 18 heavy (non-hydrogen) atoms. The first-order valence-corrected chi connectivity index (χ1v) is 7.48. The highest BCUT2D eigenvalue weighted by atomic mass is 127. The van der Waals surface area contributed by atoms with Crippen LogP contribution in [0.2, 0.25) is 5.02 Å². The van der Waals surface area contributed by atoms with Crippen molar-refractivity contribution in [2.75, 3.05) is 20.1 Å². The van der Waals surface area contributed by atoms with Crippen molar-refractivity contribution in [2.24, 2.45) is 0 Å². The van der Waals surface area contributed by atoms with Gasteiger partial charge in [-0.15, -0.1) is 0 Å². The lowest BCUT2D eigenvalue weighted by Crippen LogP contribution is -2.46. The van der Waals surface area contributed by atoms with Crippen molar-refractivity contribution in [1.29, 1.82) is 0 Å². The molecule has 0 aromatic heterocycles. The van der Waals surface area contributed by atoms with E-state index in [0.717, 1.165) is 29.5 Å². The zero-order valence-corrected chi connectivity index (χ0v) is 13.2. The summed E-state index contributed by atoms with van der Waals surface area (Å²) in [5, 5.41) is 3.93. The molecule has 1 aromatic carbocycles. The van der Waals surface area contributed by atoms with Crippen LogP contribution in [-0.2, 0) is 0 Å². The molecule has 1 N–H and O–H groups in total. The number of hydrogen-bond acceptors (Lipinski definition) is 2. The predicted molar refractivity (Wildman–Crippen MR) is 82.2 cm³/mol. The molecule has 1 aliphatic rings. The first-order chi connectivity index (χ1) is 8.59. The maximum Gasteiger partial charge on any atom is 0.255 e. The summed E-state index contributed by atoms with van der Waals surface area (Å²) in [7, 11) is 1.87. The quantitative estimate of drug-likeness (QED) is 0.803. The number of amides is 1. The van der Waals surface area contributed by atoms with Gasteiger partial charge < -0.3 is 10.2 Å². The van der Waals surface area contributed by atoms with Gasteiger partial charge in [0, 0.05) is 28.2 Å². The number of carbonyl (C=O) groups is 1. The number of halogens is 2. The fourth-order valence-electron chi connectivity index (χ4n) is 2.18. The Labute approximate surface area is 126 Å². The van der Waals surface area contributed by atoms with Crippen LogP contribution >= 0.6 is 34.2 Å². The summed E-state index contributed by atoms with van der Waals surface area (Å²) < 4.78 is 0.942. The van der Waals surface area contributed by atoms with Crippen LogP contribution in [0.3, 0.4) is 0 Å². The van der Waals surface area contributed by atoms with E-state index in [9.17, 15) is 4.79 Å². The van der Waals surface area contributed by atoms with Gasteiger partial charge in [-0.25, -0.2) is 0 Å². The number of rotatable bonds is 2. The van der Waals surface area contributed by atoms with E-state index in [-0.39, 0.29) is 11.9 Å². The molecule has 0 saturated carbocycles. The van der Waals surface area contributed by atoms with Gasteiger partial charge in [0.1, 0.15) is 0 Å². The molecule has 0 radical (unpaired) electrons. The largest absolute Gasteiger partial charge is 0.337 e. The van der Waals surface area contributed by atoms with E-state index in [2.05, 4.69) is 27.9 Å². The smallest absolute Gasteiger partial charge is 0.255 e. The molecule has 1 fully saturated rings. The highest BCUT2D eigenvalue weighted by Crippen LogP contribution is 2.21. The molecule has 3 nitrogen and oxygen atoms in total. The van der Waals surface area contributed by atoms with Crippen LogP contribution in [0.4, 0.5) is 0 Å². The number of benzene rings is 1. The minimum absolute atomic E-state index is 0.0515. The molecule has 1 atom stereocenters. The fraction of sp³-hybridized carbons (Fsp3) is 0.462. The number of piperidine rings is 1. The lowest BCUT2D eigenvalue weighted by atomic mass is 10.1. The molecule has 0 aliphatic carbocycles. The molecule has 1 amide bonds. The van der Waals surface area contributed by atoms with Gasteiger partial charge in [-0.2, -0.15) is 0 Å². The maximum absolute atomic E-state index is 12.5. The second-order valence-electron chi connectivity index (χ2n) is 4.54. The van der Waals surface area contributed by atoms with Crippen molar-refractivity contribution in [3.8, 4) is 0 Å². The first kappa shape index (κ1) is 14.1. The Bertz CT molecular complexity index is 447. The Hall–Kier alpha value is -0.330. The molecule has 1 aliphatic heterocycles. The SMILES string of the molecule is CN(C(=O)c1cc(Cl)ccc1I)C1CCCNC1. The molecule has 1 aromatic rings. The van der Waals surface area contributed by atoms with Crippen LogP contribution in [-0.4, -0.2) is 37.0 Å². The number of nitrogens with zero attached hydrogens (tertiary/aromatic N) is 1. The molecule has 0 bridgehead atoms. The number of hydrogen-bond donors (Lipinski definition) is 1. The van der Waals surface area contributed by atoms with Crippen LogP contribution in [0.25, 0.3) is 0 Å². The third-order valence-corrected chi connectivity index (χ3v) is 4.47. The second kappa shape index (κ2) is 6.21. The van der Waals surface area contributed by atoms with Crippen molar-refractivity contribution in [2.45, 2.75) is 18.9 Å². The van der Waals surface area contributed by atoms with Crippen molar-refractivity contribution in [3.05, 3.63) is 32.4 Å². The highest BCUT2D eigenvalue weighted by Gasteiger charge is 2.24. The topological polar surface area (TPSA) is 32.3 Å². The van der Waals surface area contributed by atoms with Gasteiger partial charge in [0.25, 0.3) is 5.91 Å². The van der Waals surface area contributed by atoms with Crippen LogP contribution in [0, 0.1) is 3.57 Å². The van der Waals surface area contributed by atoms with Gasteiger partial charge in [-0.3, -0.25) is 4.79 Å². The zero-order valence-electron chi connectivity index (χ0n) is 10.2. The Morgan fingerprint density at radius 3 is 3.00 bits per heavy atom. The number of carbonyl (C=O) groups excluding carboxylic acids is 1. The summed E-state index contributed by atoms with van der Waals surface area (Å²) in [5.74, 6) is 0.0515. The van der Waals surface area contributed by atoms with E-state index in [4.69, 9.17) is 11.6 Å². The van der Waals surface area contributed by atoms with E-state index in [1.807, 2.05) is 24.1 Å². The molecule has 5 heteroatoms. The van der Waals surface area contributed by atoms with Crippen LogP contribution in [0.1, 0.15) is 23.2 Å². The van der Waals surface area contributed by atoms with Gasteiger partial charge in [0.15, 0.2) is 0 Å². The second-order valence-corrected chi connectivity index (χ2v) is 6.14. The molecule has 0 spiro atoms. The summed E-state index contributed by atoms with van der Waals surface area (Å²) in [6.07, 6.45) is 2.18. The lowest BCUT2D eigenvalue weighted by molar-refractivity contribution is 0.0707. The van der Waals surface area contributed by atoms with Crippen molar-refractivity contribution >= 4 is 40.1 Å². The molecular weight excluding hydrogens is 363 g/mol. The molecular formula is C13H16ClIN2O. The van der Waals surface area contributed by atoms with Gasteiger partial charge in [0.05, 0.1) is 5.56 Å². The van der Waals surface area contributed by atoms with E-state index in [0.29, 0.717) is 10.6 Å². The van der Waals surface area contributed by atoms with E-state index in [1.165, 1.54) is 0 Å². The van der Waals surface area contributed by atoms with Crippen molar-refractivity contribution in [3.63, 3.8) is 0 Å². The van der Waals surface area contributed by atoms with Gasteiger partial charge in [-0.05, 0) is 60.2 Å². The summed E-state index contributed by atoms with van der Waals surface area (Å²) in [5.41, 5.74) is 0.691. The van der Waals surface area contributed by atoms with Gasteiger partial charge >= 0.3 is 0 Å². The minimum Gasteiger partial charge on any atom is -0.337 e. The van der Waals surface area contributed by atoms with Crippen molar-refractivity contribution in [1.82, 2.24) is 10.2 Å². The van der Waals surface area contributed by atoms with Gasteiger partial charge in [-0.1, -0.05) is 11.6 Å². The minimum atomic E-state index is 0.0515. The average Bonchev–Trinajstić information content (AvgIpc) is 2.41. The molecule has 1 saturated heterocycles. The molecule has 1 unspecified atom stereocenters. The predicted octanol–water partition coefficient (Wildman–Crippen LogP) is 2.77. The summed E-state index contributed by atoms with van der Waals surface area (Å²) >= 11 is 8.14. The summed E-state index contributed by atoms with van der Waals surface area (Å²) in [6.45, 7) is 1.92. The highest BCUT2D eigenvalue weighted by molar-refractivity contribution is 14.1. The number of nitrogens with one attached hydrogen (secondary N) is 1. The average molecular weight is 379 g/mol.